The van der Waals surface area contributed by atoms with Crippen LogP contribution in [0, 0.1) is 6.92 Å². The molecule has 188 valence electrons. The Bertz CT molecular complexity index is 1410. The average molecular weight is 529 g/mol. The highest BCUT2D eigenvalue weighted by molar-refractivity contribution is 7.92. The molecule has 0 aliphatic carbocycles. The normalized spacial score (nSPS) is 12.6. The number of hydrogen-bond donors (Lipinski definition) is 4. The lowest BCUT2D eigenvalue weighted by atomic mass is 10.1. The number of aryl methyl sites for hydroxylation is 1. The zero-order chi connectivity index (χ0) is 26.5. The van der Waals surface area contributed by atoms with Gasteiger partial charge in [0.2, 0.25) is 5.91 Å². The number of halogens is 1. The number of hydrogen-bond acceptors (Lipinski definition) is 7. The molecule has 9 nitrogen and oxygen atoms in total. The van der Waals surface area contributed by atoms with Gasteiger partial charge in [-0.25, -0.2) is 8.42 Å². The van der Waals surface area contributed by atoms with E-state index in [0.29, 0.717) is 5.56 Å². The number of hydrazone groups is 1. The van der Waals surface area contributed by atoms with Crippen molar-refractivity contribution < 1.29 is 23.1 Å². The predicted molar refractivity (Wildman–Crippen MR) is 140 cm³/mol. The lowest BCUT2D eigenvalue weighted by Gasteiger charge is -2.17. The Morgan fingerprint density at radius 1 is 1.03 bits per heavy atom. The van der Waals surface area contributed by atoms with Crippen molar-refractivity contribution in [2.45, 2.75) is 30.4 Å². The smallest absolute Gasteiger partial charge is 0.276 e. The van der Waals surface area contributed by atoms with Crippen molar-refractivity contribution in [2.24, 2.45) is 10.9 Å². The summed E-state index contributed by atoms with van der Waals surface area (Å²) < 4.78 is 25.9. The summed E-state index contributed by atoms with van der Waals surface area (Å²) in [4.78, 5) is 25.6. The minimum absolute atomic E-state index is 0.0149. The van der Waals surface area contributed by atoms with Gasteiger partial charge in [0.1, 0.15) is 11.0 Å². The molecule has 0 heterocycles. The fourth-order valence-corrected chi connectivity index (χ4v) is 5.30. The van der Waals surface area contributed by atoms with Gasteiger partial charge in [0, 0.05) is 11.6 Å². The molecule has 0 fully saturated rings. The van der Waals surface area contributed by atoms with Crippen LogP contribution in [-0.4, -0.2) is 36.3 Å². The van der Waals surface area contributed by atoms with Crippen molar-refractivity contribution in [1.82, 2.24) is 0 Å². The number of phenols is 1. The number of carbonyl (C=O) groups is 2. The monoisotopic (exact) mass is 528 g/mol. The molecule has 0 saturated carbocycles. The van der Waals surface area contributed by atoms with Crippen molar-refractivity contribution >= 4 is 50.3 Å². The van der Waals surface area contributed by atoms with Crippen LogP contribution in [0.25, 0.3) is 0 Å². The molecule has 2 amide bonds. The first-order valence-corrected chi connectivity index (χ1v) is 12.8. The molecule has 3 aromatic carbocycles. The summed E-state index contributed by atoms with van der Waals surface area (Å²) in [5.74, 6) is 3.49. The van der Waals surface area contributed by atoms with Crippen molar-refractivity contribution in [2.75, 3.05) is 10.6 Å². The van der Waals surface area contributed by atoms with E-state index in [-0.39, 0.29) is 33.4 Å². The third kappa shape index (κ3) is 5.84. The summed E-state index contributed by atoms with van der Waals surface area (Å²) in [6, 6.07) is 16.9. The standard InChI is InChI=1S/C25H25ClN4O5S/c1-3-22(36(34,35)17-7-5-4-6-8-17)24(32)28-19-14-21(31)20(13-18(19)26)29-25(33)23(30-27)16-11-9-15(2)10-12-16/h4-14,22,31H,3,27H2,1-2H3,(H,28,32)(H,29,33). The third-order valence-electron chi connectivity index (χ3n) is 5.37. The number of anilines is 2. The Balaban J connectivity index is 1.80. The van der Waals surface area contributed by atoms with E-state index in [4.69, 9.17) is 17.4 Å². The number of aromatic hydroxyl groups is 1. The van der Waals surface area contributed by atoms with Crippen LogP contribution < -0.4 is 16.5 Å². The lowest BCUT2D eigenvalue weighted by molar-refractivity contribution is -0.116. The van der Waals surface area contributed by atoms with Crippen LogP contribution in [0.2, 0.25) is 5.02 Å². The second kappa shape index (κ2) is 11.2. The maximum absolute atomic E-state index is 12.9. The average Bonchev–Trinajstić information content (AvgIpc) is 2.84. The number of carbonyl (C=O) groups excluding carboxylic acids is 2. The molecule has 1 atom stereocenters. The first-order valence-electron chi connectivity index (χ1n) is 10.9. The second-order valence-corrected chi connectivity index (χ2v) is 10.4. The zero-order valence-electron chi connectivity index (χ0n) is 19.5. The molecule has 0 saturated heterocycles. The Kier molecular flexibility index (Phi) is 8.33. The molecule has 1 unspecified atom stereocenters. The fraction of sp³-hybridized carbons (Fsp3) is 0.160. The first-order chi connectivity index (χ1) is 17.1. The Morgan fingerprint density at radius 3 is 2.25 bits per heavy atom. The SMILES string of the molecule is CCC(C(=O)Nc1cc(O)c(NC(=O)C(=NN)c2ccc(C)cc2)cc1Cl)S(=O)(=O)c1ccccc1. The topological polar surface area (TPSA) is 151 Å². The minimum atomic E-state index is -3.96. The van der Waals surface area contributed by atoms with Gasteiger partial charge in [0.15, 0.2) is 15.5 Å². The van der Waals surface area contributed by atoms with Gasteiger partial charge in [0.25, 0.3) is 5.91 Å². The molecular formula is C25H25ClN4O5S. The molecule has 36 heavy (non-hydrogen) atoms. The van der Waals surface area contributed by atoms with Gasteiger partial charge in [-0.1, -0.05) is 66.6 Å². The Morgan fingerprint density at radius 2 is 1.67 bits per heavy atom. The number of nitrogens with two attached hydrogens (primary N) is 1. The fourth-order valence-electron chi connectivity index (χ4n) is 3.45. The summed E-state index contributed by atoms with van der Waals surface area (Å²) in [5.41, 5.74) is 1.31. The van der Waals surface area contributed by atoms with Crippen LogP contribution in [0.4, 0.5) is 11.4 Å². The highest BCUT2D eigenvalue weighted by atomic mass is 35.5. The zero-order valence-corrected chi connectivity index (χ0v) is 21.1. The van der Waals surface area contributed by atoms with Crippen molar-refractivity contribution in [3.63, 3.8) is 0 Å². The summed E-state index contributed by atoms with van der Waals surface area (Å²) in [6.45, 7) is 3.47. The second-order valence-electron chi connectivity index (χ2n) is 7.89. The number of nitrogens with zero attached hydrogens (tertiary/aromatic N) is 1. The van der Waals surface area contributed by atoms with E-state index in [1.165, 1.54) is 18.2 Å². The number of rotatable bonds is 8. The first kappa shape index (κ1) is 26.7. The molecule has 0 aromatic heterocycles. The van der Waals surface area contributed by atoms with E-state index in [1.807, 2.05) is 6.92 Å². The van der Waals surface area contributed by atoms with Crippen LogP contribution in [0.5, 0.6) is 5.75 Å². The highest BCUT2D eigenvalue weighted by Crippen LogP contribution is 2.34. The molecule has 0 spiro atoms. The van der Waals surface area contributed by atoms with Crippen LogP contribution in [0.3, 0.4) is 0 Å². The van der Waals surface area contributed by atoms with E-state index in [1.54, 1.807) is 49.4 Å². The van der Waals surface area contributed by atoms with Crippen molar-refractivity contribution in [1.29, 1.82) is 0 Å². The number of phenolic OH excluding ortho intramolecular Hbond substituents is 1. The number of nitrogens with one attached hydrogen (secondary N) is 2. The maximum atomic E-state index is 12.9. The van der Waals surface area contributed by atoms with Gasteiger partial charge in [-0.3, -0.25) is 9.59 Å². The van der Waals surface area contributed by atoms with Gasteiger partial charge < -0.3 is 21.6 Å². The minimum Gasteiger partial charge on any atom is -0.506 e. The van der Waals surface area contributed by atoms with Crippen molar-refractivity contribution in [3.05, 3.63) is 82.9 Å². The van der Waals surface area contributed by atoms with Crippen LogP contribution in [-0.2, 0) is 19.4 Å². The van der Waals surface area contributed by atoms with Gasteiger partial charge in [-0.2, -0.15) is 5.10 Å². The van der Waals surface area contributed by atoms with Gasteiger partial charge >= 0.3 is 0 Å². The molecule has 3 rings (SSSR count). The summed E-state index contributed by atoms with van der Waals surface area (Å²) in [6.07, 6.45) is 0.0149. The molecular weight excluding hydrogens is 504 g/mol. The summed E-state index contributed by atoms with van der Waals surface area (Å²) >= 11 is 6.27. The molecule has 0 radical (unpaired) electrons. The quantitative estimate of drug-likeness (QED) is 0.151. The van der Waals surface area contributed by atoms with Crippen LogP contribution in [0.15, 0.2) is 76.7 Å². The number of sulfone groups is 1. The molecule has 0 aliphatic heterocycles. The molecule has 3 aromatic rings. The van der Waals surface area contributed by atoms with E-state index >= 15 is 0 Å². The van der Waals surface area contributed by atoms with E-state index < -0.39 is 32.7 Å². The molecule has 11 heteroatoms. The van der Waals surface area contributed by atoms with E-state index in [0.717, 1.165) is 11.6 Å². The summed E-state index contributed by atoms with van der Waals surface area (Å²) in [7, 11) is -3.96. The van der Waals surface area contributed by atoms with Crippen LogP contribution >= 0.6 is 11.6 Å². The Labute approximate surface area is 213 Å². The van der Waals surface area contributed by atoms with E-state index in [9.17, 15) is 23.1 Å². The van der Waals surface area contributed by atoms with Gasteiger partial charge in [0.05, 0.1) is 21.3 Å². The molecule has 0 aliphatic rings. The van der Waals surface area contributed by atoms with Crippen molar-refractivity contribution in [3.8, 4) is 5.75 Å². The Hall–Kier alpha value is -3.89. The van der Waals surface area contributed by atoms with Crippen LogP contribution in [0.1, 0.15) is 24.5 Å². The number of benzene rings is 3. The molecule has 5 N–H and O–H groups in total. The maximum Gasteiger partial charge on any atom is 0.276 e. The number of amides is 2. The lowest BCUT2D eigenvalue weighted by Crippen LogP contribution is -2.34. The third-order valence-corrected chi connectivity index (χ3v) is 7.91. The van der Waals surface area contributed by atoms with Gasteiger partial charge in [-0.05, 0) is 31.5 Å². The van der Waals surface area contributed by atoms with Gasteiger partial charge in [-0.15, -0.1) is 0 Å². The largest absolute Gasteiger partial charge is 0.506 e. The van der Waals surface area contributed by atoms with E-state index in [2.05, 4.69) is 15.7 Å². The highest BCUT2D eigenvalue weighted by Gasteiger charge is 2.33. The predicted octanol–water partition coefficient (Wildman–Crippen LogP) is 3.85. The molecule has 0 bridgehead atoms. The summed E-state index contributed by atoms with van der Waals surface area (Å²) in [5, 5.41) is 17.5.